The van der Waals surface area contributed by atoms with Crippen LogP contribution < -0.4 is 10.6 Å². The summed E-state index contributed by atoms with van der Waals surface area (Å²) in [6, 6.07) is 10.2. The van der Waals surface area contributed by atoms with Gasteiger partial charge in [-0.2, -0.15) is 0 Å². The van der Waals surface area contributed by atoms with Crippen LogP contribution in [0, 0.1) is 0 Å². The summed E-state index contributed by atoms with van der Waals surface area (Å²) in [5, 5.41) is 16.1. The molecule has 0 aliphatic rings. The lowest BCUT2D eigenvalue weighted by atomic mass is 10.0. The third-order valence-electron chi connectivity index (χ3n) is 3.93. The Morgan fingerprint density at radius 3 is 2.32 bits per heavy atom. The van der Waals surface area contributed by atoms with Crippen LogP contribution in [-0.2, 0) is 9.53 Å². The molecule has 0 saturated heterocycles. The number of nitrogens with one attached hydrogen (secondary N) is 2. The Labute approximate surface area is 164 Å². The second-order valence-electron chi connectivity index (χ2n) is 7.45. The Bertz CT molecular complexity index is 871. The van der Waals surface area contributed by atoms with Gasteiger partial charge in [0, 0.05) is 24.0 Å². The summed E-state index contributed by atoms with van der Waals surface area (Å²) >= 11 is 0. The Balaban J connectivity index is 1.85. The van der Waals surface area contributed by atoms with Crippen LogP contribution in [0.5, 0.6) is 0 Å². The summed E-state index contributed by atoms with van der Waals surface area (Å²) in [6.45, 7) is 5.81. The number of carboxylic acids is 1. The van der Waals surface area contributed by atoms with Crippen LogP contribution in [0.4, 0.5) is 10.5 Å². The van der Waals surface area contributed by atoms with E-state index in [1.807, 2.05) is 0 Å². The number of benzene rings is 2. The van der Waals surface area contributed by atoms with E-state index in [0.29, 0.717) is 42.3 Å². The van der Waals surface area contributed by atoms with Gasteiger partial charge in [-0.05, 0) is 51.1 Å². The number of fused-ring (bicyclic) bond motifs is 1. The molecule has 0 atom stereocenters. The van der Waals surface area contributed by atoms with Gasteiger partial charge in [0.15, 0.2) is 0 Å². The number of carbonyl (C=O) groups excluding carboxylic acids is 2. The van der Waals surface area contributed by atoms with Gasteiger partial charge in [-0.1, -0.05) is 24.3 Å². The maximum atomic E-state index is 12.2. The van der Waals surface area contributed by atoms with Gasteiger partial charge in [-0.15, -0.1) is 0 Å². The zero-order valence-electron chi connectivity index (χ0n) is 16.4. The molecule has 0 saturated carbocycles. The number of rotatable bonds is 7. The SMILES string of the molecule is CC(C)(C)OC(=O)NCCCCC(=O)Nc1ccc(C(=O)O)c2ccccc12. The second-order valence-corrected chi connectivity index (χ2v) is 7.45. The molecule has 0 radical (unpaired) electrons. The Kier molecular flexibility index (Phi) is 6.98. The summed E-state index contributed by atoms with van der Waals surface area (Å²) in [5.74, 6) is -1.17. The Morgan fingerprint density at radius 1 is 1.00 bits per heavy atom. The lowest BCUT2D eigenvalue weighted by molar-refractivity contribution is -0.116. The summed E-state index contributed by atoms with van der Waals surface area (Å²) < 4.78 is 5.14. The quantitative estimate of drug-likeness (QED) is 0.620. The molecular formula is C21H26N2O5. The first-order chi connectivity index (χ1) is 13.2. The summed E-state index contributed by atoms with van der Waals surface area (Å²) in [5.41, 5.74) is 0.238. The highest BCUT2D eigenvalue weighted by Crippen LogP contribution is 2.27. The van der Waals surface area contributed by atoms with Crippen LogP contribution in [0.25, 0.3) is 10.8 Å². The van der Waals surface area contributed by atoms with Gasteiger partial charge in [-0.3, -0.25) is 4.79 Å². The number of aromatic carboxylic acids is 1. The fraction of sp³-hybridized carbons (Fsp3) is 0.381. The first-order valence-corrected chi connectivity index (χ1v) is 9.19. The molecule has 0 spiro atoms. The predicted molar refractivity (Wildman–Crippen MR) is 108 cm³/mol. The molecule has 0 aliphatic carbocycles. The molecule has 28 heavy (non-hydrogen) atoms. The zero-order valence-corrected chi connectivity index (χ0v) is 16.4. The van der Waals surface area contributed by atoms with E-state index in [1.54, 1.807) is 51.1 Å². The number of alkyl carbamates (subject to hydrolysis) is 1. The van der Waals surface area contributed by atoms with Crippen LogP contribution >= 0.6 is 0 Å². The highest BCUT2D eigenvalue weighted by atomic mass is 16.6. The number of carboxylic acid groups (broad SMARTS) is 1. The van der Waals surface area contributed by atoms with Gasteiger partial charge in [-0.25, -0.2) is 9.59 Å². The minimum Gasteiger partial charge on any atom is -0.478 e. The average Bonchev–Trinajstić information content (AvgIpc) is 2.60. The summed E-state index contributed by atoms with van der Waals surface area (Å²) in [6.07, 6.45) is 1.07. The average molecular weight is 386 g/mol. The molecule has 0 aromatic heterocycles. The largest absolute Gasteiger partial charge is 0.478 e. The molecule has 0 aliphatic heterocycles. The van der Waals surface area contributed by atoms with E-state index in [4.69, 9.17) is 4.74 Å². The van der Waals surface area contributed by atoms with Gasteiger partial charge in [0.25, 0.3) is 0 Å². The predicted octanol–water partition coefficient (Wildman–Crippen LogP) is 4.17. The Hall–Kier alpha value is -3.09. The standard InChI is InChI=1S/C21H26N2O5/c1-21(2,3)28-20(27)22-13-7-6-10-18(24)23-17-12-11-16(19(25)26)14-8-4-5-9-15(14)17/h4-5,8-9,11-12H,6-7,10,13H2,1-3H3,(H,22,27)(H,23,24)(H,25,26). The Morgan fingerprint density at radius 2 is 1.68 bits per heavy atom. The molecule has 0 bridgehead atoms. The molecule has 2 amide bonds. The van der Waals surface area contributed by atoms with Gasteiger partial charge < -0.3 is 20.5 Å². The van der Waals surface area contributed by atoms with Crippen molar-refractivity contribution in [1.82, 2.24) is 5.32 Å². The minimum atomic E-state index is -1.01. The van der Waals surface area contributed by atoms with Crippen LogP contribution in [0.3, 0.4) is 0 Å². The third-order valence-corrected chi connectivity index (χ3v) is 3.93. The van der Waals surface area contributed by atoms with Crippen molar-refractivity contribution in [2.45, 2.75) is 45.6 Å². The number of ether oxygens (including phenoxy) is 1. The number of unbranched alkanes of at least 4 members (excludes halogenated alkanes) is 1. The molecular weight excluding hydrogens is 360 g/mol. The third kappa shape index (κ3) is 6.26. The fourth-order valence-electron chi connectivity index (χ4n) is 2.72. The molecule has 2 aromatic carbocycles. The molecule has 0 heterocycles. The maximum Gasteiger partial charge on any atom is 0.407 e. The minimum absolute atomic E-state index is 0.162. The highest BCUT2D eigenvalue weighted by Gasteiger charge is 2.15. The molecule has 2 aromatic rings. The molecule has 7 heteroatoms. The van der Waals surface area contributed by atoms with Gasteiger partial charge in [0.05, 0.1) is 5.56 Å². The van der Waals surface area contributed by atoms with Crippen molar-refractivity contribution in [2.24, 2.45) is 0 Å². The number of anilines is 1. The van der Waals surface area contributed by atoms with E-state index in [9.17, 15) is 19.5 Å². The van der Waals surface area contributed by atoms with E-state index < -0.39 is 17.7 Å². The van der Waals surface area contributed by atoms with E-state index in [2.05, 4.69) is 10.6 Å². The van der Waals surface area contributed by atoms with Gasteiger partial charge in [0.2, 0.25) is 5.91 Å². The molecule has 0 fully saturated rings. The van der Waals surface area contributed by atoms with Crippen molar-refractivity contribution in [1.29, 1.82) is 0 Å². The molecule has 7 nitrogen and oxygen atoms in total. The molecule has 0 unspecified atom stereocenters. The smallest absolute Gasteiger partial charge is 0.407 e. The van der Waals surface area contributed by atoms with Gasteiger partial charge in [0.1, 0.15) is 5.60 Å². The first kappa shape index (κ1) is 21.2. The van der Waals surface area contributed by atoms with Crippen molar-refractivity contribution in [3.05, 3.63) is 42.0 Å². The van der Waals surface area contributed by atoms with Crippen molar-refractivity contribution < 1.29 is 24.2 Å². The summed E-state index contributed by atoms with van der Waals surface area (Å²) in [7, 11) is 0. The first-order valence-electron chi connectivity index (χ1n) is 9.19. The van der Waals surface area contributed by atoms with E-state index in [-0.39, 0.29) is 11.5 Å². The summed E-state index contributed by atoms with van der Waals surface area (Å²) in [4.78, 5) is 35.1. The van der Waals surface area contributed by atoms with Crippen LogP contribution in [0.1, 0.15) is 50.4 Å². The lowest BCUT2D eigenvalue weighted by Gasteiger charge is -2.19. The van der Waals surface area contributed by atoms with E-state index in [0.717, 1.165) is 0 Å². The van der Waals surface area contributed by atoms with Crippen molar-refractivity contribution in [3.8, 4) is 0 Å². The number of hydrogen-bond acceptors (Lipinski definition) is 4. The number of hydrogen-bond donors (Lipinski definition) is 3. The van der Waals surface area contributed by atoms with Crippen molar-refractivity contribution in [2.75, 3.05) is 11.9 Å². The second kappa shape index (κ2) is 9.21. The zero-order chi connectivity index (χ0) is 20.7. The molecule has 3 N–H and O–H groups in total. The van der Waals surface area contributed by atoms with Crippen LogP contribution in [-0.4, -0.2) is 35.2 Å². The topological polar surface area (TPSA) is 105 Å². The van der Waals surface area contributed by atoms with E-state index >= 15 is 0 Å². The highest BCUT2D eigenvalue weighted by molar-refractivity contribution is 6.10. The van der Waals surface area contributed by atoms with Crippen molar-refractivity contribution in [3.63, 3.8) is 0 Å². The maximum absolute atomic E-state index is 12.2. The number of carbonyl (C=O) groups is 3. The molecule has 150 valence electrons. The normalized spacial score (nSPS) is 11.1. The van der Waals surface area contributed by atoms with Crippen molar-refractivity contribution >= 4 is 34.4 Å². The van der Waals surface area contributed by atoms with Crippen LogP contribution in [0.15, 0.2) is 36.4 Å². The van der Waals surface area contributed by atoms with Gasteiger partial charge >= 0.3 is 12.1 Å². The van der Waals surface area contributed by atoms with E-state index in [1.165, 1.54) is 6.07 Å². The molecule has 2 rings (SSSR count). The monoisotopic (exact) mass is 386 g/mol. The fourth-order valence-corrected chi connectivity index (χ4v) is 2.72. The van der Waals surface area contributed by atoms with Crippen LogP contribution in [0.2, 0.25) is 0 Å². The lowest BCUT2D eigenvalue weighted by Crippen LogP contribution is -2.33. The number of amides is 2.